The Kier molecular flexibility index (Phi) is 7.63. The monoisotopic (exact) mass is 521 g/mol. The van der Waals surface area contributed by atoms with Crippen molar-refractivity contribution in [3.8, 4) is 11.5 Å². The van der Waals surface area contributed by atoms with E-state index >= 15 is 0 Å². The van der Waals surface area contributed by atoms with E-state index in [9.17, 15) is 14.9 Å². The second-order valence-corrected chi connectivity index (χ2v) is 11.2. The number of para-hydroxylation sites is 1. The Bertz CT molecular complexity index is 1340. The fourth-order valence-electron chi connectivity index (χ4n) is 4.66. The van der Waals surface area contributed by atoms with Gasteiger partial charge in [0.05, 0.1) is 30.8 Å². The second-order valence-electron chi connectivity index (χ2n) is 10.1. The van der Waals surface area contributed by atoms with Gasteiger partial charge in [0.1, 0.15) is 5.00 Å². The van der Waals surface area contributed by atoms with E-state index in [1.54, 1.807) is 0 Å². The normalized spacial score (nSPS) is 15.3. The van der Waals surface area contributed by atoms with Gasteiger partial charge >= 0.3 is 0 Å². The number of non-ortho nitro benzene ring substituents is 1. The highest BCUT2D eigenvalue weighted by atomic mass is 32.1. The maximum atomic E-state index is 13.5. The summed E-state index contributed by atoms with van der Waals surface area (Å²) in [6.07, 6.45) is 4.19. The van der Waals surface area contributed by atoms with Crippen molar-refractivity contribution in [3.63, 3.8) is 0 Å². The number of nitro groups is 1. The lowest BCUT2D eigenvalue weighted by molar-refractivity contribution is -0.385. The minimum Gasteiger partial charge on any atom is -0.493 e. The van der Waals surface area contributed by atoms with E-state index in [4.69, 9.17) is 14.5 Å². The molecule has 0 unspecified atom stereocenters. The van der Waals surface area contributed by atoms with Gasteiger partial charge in [-0.1, -0.05) is 39.0 Å². The van der Waals surface area contributed by atoms with E-state index in [2.05, 4.69) is 26.1 Å². The minimum atomic E-state index is -0.492. The van der Waals surface area contributed by atoms with E-state index in [1.165, 1.54) is 48.8 Å². The molecule has 37 heavy (non-hydrogen) atoms. The first kappa shape index (κ1) is 26.3. The first-order valence-corrected chi connectivity index (χ1v) is 12.9. The maximum Gasteiger partial charge on any atom is 0.274 e. The summed E-state index contributed by atoms with van der Waals surface area (Å²) in [4.78, 5) is 30.3. The SMILES string of the molecule is COc1cc([N+](=O)[O-])cc(C=Nc2sc3c(c2C(=O)Nc2ccccc2)CC[C@@H](C(C)(C)C)C3)c1OC. The minimum absolute atomic E-state index is 0.139. The number of hydrogen-bond acceptors (Lipinski definition) is 7. The van der Waals surface area contributed by atoms with Gasteiger partial charge in [-0.25, -0.2) is 4.99 Å². The Morgan fingerprint density at radius 1 is 1.19 bits per heavy atom. The first-order chi connectivity index (χ1) is 17.6. The molecular weight excluding hydrogens is 490 g/mol. The molecule has 0 saturated heterocycles. The number of nitrogens with one attached hydrogen (secondary N) is 1. The molecule has 1 atom stereocenters. The molecule has 1 aliphatic rings. The molecule has 1 heterocycles. The Morgan fingerprint density at radius 2 is 1.92 bits per heavy atom. The lowest BCUT2D eigenvalue weighted by Crippen LogP contribution is -2.27. The third-order valence-corrected chi connectivity index (χ3v) is 7.92. The Labute approximate surface area is 220 Å². The number of carbonyl (C=O) groups excluding carboxylic acids is 1. The molecule has 0 spiro atoms. The van der Waals surface area contributed by atoms with Crippen LogP contribution in [0, 0.1) is 21.4 Å². The van der Waals surface area contributed by atoms with Crippen LogP contribution in [0.2, 0.25) is 0 Å². The molecule has 0 bridgehead atoms. The average molecular weight is 522 g/mol. The topological polar surface area (TPSA) is 103 Å². The fraction of sp³-hybridized carbons (Fsp3) is 0.357. The molecule has 0 aliphatic heterocycles. The van der Waals surface area contributed by atoms with Crippen molar-refractivity contribution in [2.24, 2.45) is 16.3 Å². The van der Waals surface area contributed by atoms with Crippen LogP contribution in [0.1, 0.15) is 53.6 Å². The quantitative estimate of drug-likeness (QED) is 0.209. The summed E-state index contributed by atoms with van der Waals surface area (Å²) in [6.45, 7) is 6.75. The van der Waals surface area contributed by atoms with E-state index in [-0.39, 0.29) is 22.8 Å². The van der Waals surface area contributed by atoms with Gasteiger partial charge in [-0.05, 0) is 48.3 Å². The zero-order valence-electron chi connectivity index (χ0n) is 21.7. The van der Waals surface area contributed by atoms with Crippen LogP contribution in [-0.4, -0.2) is 31.3 Å². The van der Waals surface area contributed by atoms with Crippen LogP contribution in [0.25, 0.3) is 0 Å². The number of rotatable bonds is 7. The Hall–Kier alpha value is -3.72. The summed E-state index contributed by atoms with van der Waals surface area (Å²) in [5.74, 6) is 0.857. The Balaban J connectivity index is 1.78. The highest BCUT2D eigenvalue weighted by Gasteiger charge is 2.33. The van der Waals surface area contributed by atoms with Crippen molar-refractivity contribution in [2.45, 2.75) is 40.0 Å². The summed E-state index contributed by atoms with van der Waals surface area (Å²) in [6, 6.07) is 12.0. The third kappa shape index (κ3) is 5.67. The first-order valence-electron chi connectivity index (χ1n) is 12.1. The van der Waals surface area contributed by atoms with Gasteiger partial charge in [0, 0.05) is 28.4 Å². The summed E-state index contributed by atoms with van der Waals surface area (Å²) >= 11 is 1.51. The van der Waals surface area contributed by atoms with Crippen LogP contribution in [0.15, 0.2) is 47.5 Å². The highest BCUT2D eigenvalue weighted by Crippen LogP contribution is 2.45. The van der Waals surface area contributed by atoms with Crippen molar-refractivity contribution in [2.75, 3.05) is 19.5 Å². The number of benzene rings is 2. The van der Waals surface area contributed by atoms with Crippen LogP contribution in [0.4, 0.5) is 16.4 Å². The summed E-state index contributed by atoms with van der Waals surface area (Å²) in [7, 11) is 2.89. The number of nitrogens with zero attached hydrogens (tertiary/aromatic N) is 2. The number of fused-ring (bicyclic) bond motifs is 1. The zero-order valence-corrected chi connectivity index (χ0v) is 22.5. The van der Waals surface area contributed by atoms with Gasteiger partial charge < -0.3 is 14.8 Å². The number of methoxy groups -OCH3 is 2. The standard InChI is InChI=1S/C28H31N3O5S/c1-28(2,3)18-11-12-21-23(14-18)37-27(24(21)26(32)30-19-9-7-6-8-10-19)29-16-17-13-20(31(33)34)15-22(35-4)25(17)36-5/h6-10,13,15-16,18H,11-12,14H2,1-5H3,(H,30,32)/t18-/m1/s1. The predicted octanol–water partition coefficient (Wildman–Crippen LogP) is 6.83. The molecule has 1 aliphatic carbocycles. The molecule has 0 fully saturated rings. The molecule has 0 saturated carbocycles. The van der Waals surface area contributed by atoms with Crippen LogP contribution >= 0.6 is 11.3 Å². The number of hydrogen-bond donors (Lipinski definition) is 1. The maximum absolute atomic E-state index is 13.5. The second kappa shape index (κ2) is 10.7. The van der Waals surface area contributed by atoms with Gasteiger partial charge in [0.15, 0.2) is 11.5 Å². The molecular formula is C28H31N3O5S. The number of carbonyl (C=O) groups is 1. The highest BCUT2D eigenvalue weighted by molar-refractivity contribution is 7.16. The van der Waals surface area contributed by atoms with Crippen LogP contribution < -0.4 is 14.8 Å². The van der Waals surface area contributed by atoms with Gasteiger partial charge in [-0.2, -0.15) is 0 Å². The van der Waals surface area contributed by atoms with Crippen molar-refractivity contribution in [1.29, 1.82) is 0 Å². The van der Waals surface area contributed by atoms with E-state index < -0.39 is 4.92 Å². The van der Waals surface area contributed by atoms with Gasteiger partial charge in [-0.3, -0.25) is 14.9 Å². The van der Waals surface area contributed by atoms with Gasteiger partial charge in [-0.15, -0.1) is 11.3 Å². The zero-order chi connectivity index (χ0) is 26.7. The third-order valence-electron chi connectivity index (χ3n) is 6.75. The van der Waals surface area contributed by atoms with Crippen LogP contribution in [-0.2, 0) is 12.8 Å². The molecule has 2 aromatic carbocycles. The van der Waals surface area contributed by atoms with Gasteiger partial charge in [0.25, 0.3) is 11.6 Å². The average Bonchev–Trinajstić information content (AvgIpc) is 3.24. The molecule has 3 aromatic rings. The number of anilines is 1. The molecule has 4 rings (SSSR count). The molecule has 9 heteroatoms. The molecule has 1 aromatic heterocycles. The number of ether oxygens (including phenoxy) is 2. The van der Waals surface area contributed by atoms with E-state index in [1.807, 2.05) is 30.3 Å². The largest absolute Gasteiger partial charge is 0.493 e. The van der Waals surface area contributed by atoms with Crippen LogP contribution in [0.5, 0.6) is 11.5 Å². The Morgan fingerprint density at radius 3 is 2.54 bits per heavy atom. The molecule has 8 nitrogen and oxygen atoms in total. The van der Waals surface area contributed by atoms with Gasteiger partial charge in [0.2, 0.25) is 0 Å². The molecule has 0 radical (unpaired) electrons. The van der Waals surface area contributed by atoms with E-state index in [0.717, 1.165) is 24.8 Å². The number of nitro benzene ring substituents is 1. The van der Waals surface area contributed by atoms with Crippen molar-refractivity contribution >= 4 is 39.8 Å². The van der Waals surface area contributed by atoms with Crippen molar-refractivity contribution < 1.29 is 19.2 Å². The summed E-state index contributed by atoms with van der Waals surface area (Å²) in [5.41, 5.74) is 2.71. The van der Waals surface area contributed by atoms with Crippen LogP contribution in [0.3, 0.4) is 0 Å². The van der Waals surface area contributed by atoms with Crippen molar-refractivity contribution in [3.05, 3.63) is 74.1 Å². The number of amides is 1. The smallest absolute Gasteiger partial charge is 0.274 e. The van der Waals surface area contributed by atoms with Crippen molar-refractivity contribution in [1.82, 2.24) is 0 Å². The lowest BCUT2D eigenvalue weighted by Gasteiger charge is -2.33. The molecule has 1 amide bonds. The lowest BCUT2D eigenvalue weighted by atomic mass is 9.72. The summed E-state index contributed by atoms with van der Waals surface area (Å²) < 4.78 is 10.8. The molecule has 194 valence electrons. The molecule has 1 N–H and O–H groups in total. The van der Waals surface area contributed by atoms with E-state index in [0.29, 0.717) is 33.5 Å². The summed E-state index contributed by atoms with van der Waals surface area (Å²) in [5, 5.41) is 15.0. The number of thiophene rings is 1. The number of aliphatic imine (C=N–C) groups is 1. The fourth-order valence-corrected chi connectivity index (χ4v) is 5.93. The predicted molar refractivity (Wildman–Crippen MR) is 147 cm³/mol.